The van der Waals surface area contributed by atoms with Crippen molar-refractivity contribution in [2.75, 3.05) is 0 Å². The van der Waals surface area contributed by atoms with E-state index in [2.05, 4.69) is 48.3 Å². The summed E-state index contributed by atoms with van der Waals surface area (Å²) in [5.41, 5.74) is 8.28. The van der Waals surface area contributed by atoms with E-state index >= 15 is 0 Å². The average Bonchev–Trinajstić information content (AvgIpc) is 3.43. The normalized spacial score (nSPS) is 11.1. The number of hydrogen-bond donors (Lipinski definition) is 0. The van der Waals surface area contributed by atoms with Crippen LogP contribution in [0.5, 0.6) is 0 Å². The van der Waals surface area contributed by atoms with Gasteiger partial charge in [0.15, 0.2) is 0 Å². The van der Waals surface area contributed by atoms with Crippen LogP contribution in [0.2, 0.25) is 5.02 Å². The molecule has 0 saturated carbocycles. The first kappa shape index (κ1) is 20.3. The van der Waals surface area contributed by atoms with E-state index in [1.165, 1.54) is 11.1 Å². The molecule has 0 fully saturated rings. The first-order valence-corrected chi connectivity index (χ1v) is 10.9. The number of benzene rings is 3. The van der Waals surface area contributed by atoms with Gasteiger partial charge in [0, 0.05) is 16.3 Å². The van der Waals surface area contributed by atoms with Gasteiger partial charge in [0.05, 0.1) is 6.54 Å². The van der Waals surface area contributed by atoms with E-state index in [0.29, 0.717) is 12.4 Å². The molecule has 0 spiro atoms. The number of rotatable bonds is 5. The van der Waals surface area contributed by atoms with Crippen molar-refractivity contribution in [3.8, 4) is 34.0 Å². The second-order valence-electron chi connectivity index (χ2n) is 7.94. The second kappa shape index (κ2) is 8.48. The van der Waals surface area contributed by atoms with Crippen molar-refractivity contribution < 1.29 is 4.42 Å². The van der Waals surface area contributed by atoms with E-state index < -0.39 is 0 Å². The van der Waals surface area contributed by atoms with Crippen molar-refractivity contribution in [2.45, 2.75) is 20.4 Å². The number of aryl methyl sites for hydroxylation is 2. The number of oxazole rings is 1. The topological polar surface area (TPSA) is 43.9 Å². The Hall–Kier alpha value is -3.63. The third-order valence-corrected chi connectivity index (χ3v) is 5.77. The molecule has 0 aliphatic carbocycles. The maximum Gasteiger partial charge on any atom is 0.247 e. The fourth-order valence-corrected chi connectivity index (χ4v) is 3.77. The molecule has 4 nitrogen and oxygen atoms in total. The molecule has 0 radical (unpaired) electrons. The summed E-state index contributed by atoms with van der Waals surface area (Å²) in [7, 11) is 0. The van der Waals surface area contributed by atoms with Crippen LogP contribution in [0.3, 0.4) is 0 Å². The molecule has 0 aliphatic rings. The third kappa shape index (κ3) is 4.23. The van der Waals surface area contributed by atoms with Gasteiger partial charge in [-0.15, -0.1) is 0 Å². The van der Waals surface area contributed by atoms with Crippen LogP contribution in [0.4, 0.5) is 0 Å². The lowest BCUT2D eigenvalue weighted by Crippen LogP contribution is -2.03. The van der Waals surface area contributed by atoms with Crippen molar-refractivity contribution >= 4 is 11.6 Å². The van der Waals surface area contributed by atoms with Crippen molar-refractivity contribution in [3.05, 3.63) is 107 Å². The second-order valence-corrected chi connectivity index (χ2v) is 8.37. The molecule has 0 bridgehead atoms. The lowest BCUT2D eigenvalue weighted by Gasteiger charge is -2.04. The molecule has 158 valence electrons. The maximum atomic E-state index is 5.99. The van der Waals surface area contributed by atoms with Gasteiger partial charge in [-0.3, -0.25) is 4.68 Å². The molecule has 0 amide bonds. The maximum absolute atomic E-state index is 5.99. The Labute approximate surface area is 192 Å². The third-order valence-electron chi connectivity index (χ3n) is 5.52. The molecule has 2 aromatic heterocycles. The highest BCUT2D eigenvalue weighted by atomic mass is 35.5. The van der Waals surface area contributed by atoms with Crippen molar-refractivity contribution in [2.24, 2.45) is 0 Å². The lowest BCUT2D eigenvalue weighted by molar-refractivity contribution is 0.568. The quantitative estimate of drug-likeness (QED) is 0.291. The van der Waals surface area contributed by atoms with E-state index in [1.54, 1.807) is 6.26 Å². The summed E-state index contributed by atoms with van der Waals surface area (Å²) in [5.74, 6) is 0.521. The summed E-state index contributed by atoms with van der Waals surface area (Å²) in [6.07, 6.45) is 1.68. The standard InChI is InChI=1S/C27H22ClN3O/c1-18-3-5-20(6-4-18)16-31-19(2)15-25(30-31)27-29-26(17-32-27)23-9-7-21(8-10-23)22-11-13-24(28)14-12-22/h3-15,17H,16H2,1-2H3. The Morgan fingerprint density at radius 3 is 2.09 bits per heavy atom. The molecule has 5 aromatic rings. The molecule has 0 saturated heterocycles. The number of aromatic nitrogens is 3. The molecular formula is C27H22ClN3O. The van der Waals surface area contributed by atoms with Gasteiger partial charge in [-0.2, -0.15) is 5.10 Å². The molecule has 5 heteroatoms. The van der Waals surface area contributed by atoms with Gasteiger partial charge in [-0.05, 0) is 48.7 Å². The smallest absolute Gasteiger partial charge is 0.247 e. The summed E-state index contributed by atoms with van der Waals surface area (Å²) in [6.45, 7) is 4.85. The van der Waals surface area contributed by atoms with E-state index in [4.69, 9.17) is 21.1 Å². The summed E-state index contributed by atoms with van der Waals surface area (Å²) in [6, 6.07) is 26.6. The van der Waals surface area contributed by atoms with Gasteiger partial charge >= 0.3 is 0 Å². The molecule has 0 aliphatic heterocycles. The zero-order valence-corrected chi connectivity index (χ0v) is 18.7. The van der Waals surface area contributed by atoms with Crippen LogP contribution in [-0.2, 0) is 6.54 Å². The molecule has 0 unspecified atom stereocenters. The number of halogens is 1. The van der Waals surface area contributed by atoms with Crippen LogP contribution < -0.4 is 0 Å². The molecule has 5 rings (SSSR count). The Kier molecular flexibility index (Phi) is 5.38. The zero-order chi connectivity index (χ0) is 22.1. The van der Waals surface area contributed by atoms with Crippen LogP contribution in [0.1, 0.15) is 16.8 Å². The van der Waals surface area contributed by atoms with Crippen LogP contribution in [0, 0.1) is 13.8 Å². The van der Waals surface area contributed by atoms with Gasteiger partial charge < -0.3 is 4.42 Å². The highest BCUT2D eigenvalue weighted by Crippen LogP contribution is 2.28. The molecule has 0 atom stereocenters. The van der Waals surface area contributed by atoms with E-state index in [1.807, 2.05) is 54.1 Å². The van der Waals surface area contributed by atoms with Crippen LogP contribution in [-0.4, -0.2) is 14.8 Å². The van der Waals surface area contributed by atoms with Crippen molar-refractivity contribution in [3.63, 3.8) is 0 Å². The summed E-state index contributed by atoms with van der Waals surface area (Å²) in [4.78, 5) is 4.68. The van der Waals surface area contributed by atoms with Crippen molar-refractivity contribution in [1.29, 1.82) is 0 Å². The predicted molar refractivity (Wildman–Crippen MR) is 129 cm³/mol. The highest BCUT2D eigenvalue weighted by Gasteiger charge is 2.14. The van der Waals surface area contributed by atoms with Crippen LogP contribution in [0.15, 0.2) is 89.5 Å². The van der Waals surface area contributed by atoms with Gasteiger partial charge in [-0.25, -0.2) is 4.98 Å². The van der Waals surface area contributed by atoms with Crippen molar-refractivity contribution in [1.82, 2.24) is 14.8 Å². The van der Waals surface area contributed by atoms with E-state index in [9.17, 15) is 0 Å². The molecule has 32 heavy (non-hydrogen) atoms. The Morgan fingerprint density at radius 1 is 0.781 bits per heavy atom. The van der Waals surface area contributed by atoms with Crippen LogP contribution >= 0.6 is 11.6 Å². The largest absolute Gasteiger partial charge is 0.443 e. The van der Waals surface area contributed by atoms with Gasteiger partial charge in [-0.1, -0.05) is 77.8 Å². The van der Waals surface area contributed by atoms with E-state index in [-0.39, 0.29) is 0 Å². The highest BCUT2D eigenvalue weighted by molar-refractivity contribution is 6.30. The minimum atomic E-state index is 0.521. The average molecular weight is 440 g/mol. The van der Waals surface area contributed by atoms with Gasteiger partial charge in [0.1, 0.15) is 17.7 Å². The number of nitrogens with zero attached hydrogens (tertiary/aromatic N) is 3. The minimum absolute atomic E-state index is 0.521. The fraction of sp³-hybridized carbons (Fsp3) is 0.111. The van der Waals surface area contributed by atoms with Gasteiger partial charge in [0.25, 0.3) is 0 Å². The van der Waals surface area contributed by atoms with Gasteiger partial charge in [0.2, 0.25) is 5.89 Å². The first-order valence-electron chi connectivity index (χ1n) is 10.5. The van der Waals surface area contributed by atoms with E-state index in [0.717, 1.165) is 38.8 Å². The lowest BCUT2D eigenvalue weighted by atomic mass is 10.0. The fourth-order valence-electron chi connectivity index (χ4n) is 3.64. The SMILES string of the molecule is Cc1ccc(Cn2nc(-c3nc(-c4ccc(-c5ccc(Cl)cc5)cc4)co3)cc2C)cc1. The number of hydrogen-bond acceptors (Lipinski definition) is 3. The summed E-state index contributed by atoms with van der Waals surface area (Å²) in [5, 5.41) is 5.45. The molecular weight excluding hydrogens is 418 g/mol. The molecule has 3 aromatic carbocycles. The summed E-state index contributed by atoms with van der Waals surface area (Å²) < 4.78 is 7.74. The Morgan fingerprint density at radius 2 is 1.41 bits per heavy atom. The summed E-state index contributed by atoms with van der Waals surface area (Å²) >= 11 is 5.99. The molecule has 2 heterocycles. The first-order chi connectivity index (χ1) is 15.5. The predicted octanol–water partition coefficient (Wildman–Crippen LogP) is 7.19. The zero-order valence-electron chi connectivity index (χ0n) is 17.9. The Balaban J connectivity index is 1.35. The Bertz CT molecular complexity index is 1350. The molecule has 0 N–H and O–H groups in total. The monoisotopic (exact) mass is 439 g/mol. The minimum Gasteiger partial charge on any atom is -0.443 e. The van der Waals surface area contributed by atoms with Crippen LogP contribution in [0.25, 0.3) is 34.0 Å².